The van der Waals surface area contributed by atoms with Crippen LogP contribution in [0.4, 0.5) is 0 Å². The summed E-state index contributed by atoms with van der Waals surface area (Å²) in [4.78, 5) is 19.5. The van der Waals surface area contributed by atoms with Crippen molar-refractivity contribution in [1.29, 1.82) is 0 Å². The monoisotopic (exact) mass is 342 g/mol. The number of carbonyl (C=O) groups is 1. The summed E-state index contributed by atoms with van der Waals surface area (Å²) in [6, 6.07) is 7.75. The Morgan fingerprint density at radius 1 is 1.24 bits per heavy atom. The van der Waals surface area contributed by atoms with Gasteiger partial charge in [0.1, 0.15) is 11.9 Å². The minimum Gasteiger partial charge on any atom is -0.379 e. The van der Waals surface area contributed by atoms with E-state index in [1.165, 1.54) is 5.56 Å². The van der Waals surface area contributed by atoms with E-state index >= 15 is 0 Å². The van der Waals surface area contributed by atoms with Gasteiger partial charge in [0, 0.05) is 32.5 Å². The van der Waals surface area contributed by atoms with Gasteiger partial charge in [0.15, 0.2) is 0 Å². The SMILES string of the molecule is Cc1ccc(C(NC(=O)C(C)N2CCOCC2)c2nccn2C)cc1. The Morgan fingerprint density at radius 3 is 2.52 bits per heavy atom. The van der Waals surface area contributed by atoms with Gasteiger partial charge in [-0.3, -0.25) is 9.69 Å². The first-order valence-corrected chi connectivity index (χ1v) is 8.72. The van der Waals surface area contributed by atoms with Gasteiger partial charge >= 0.3 is 0 Å². The highest BCUT2D eigenvalue weighted by Gasteiger charge is 2.27. The first-order valence-electron chi connectivity index (χ1n) is 8.72. The second-order valence-electron chi connectivity index (χ2n) is 6.57. The predicted molar refractivity (Wildman–Crippen MR) is 96.2 cm³/mol. The fourth-order valence-electron chi connectivity index (χ4n) is 3.10. The van der Waals surface area contributed by atoms with Crippen molar-refractivity contribution in [3.05, 3.63) is 53.6 Å². The number of hydrogen-bond acceptors (Lipinski definition) is 4. The minimum atomic E-state index is -0.267. The molecule has 1 aromatic heterocycles. The maximum atomic E-state index is 12.9. The van der Waals surface area contributed by atoms with Gasteiger partial charge in [-0.05, 0) is 19.4 Å². The summed E-state index contributed by atoms with van der Waals surface area (Å²) >= 11 is 0. The molecule has 1 aromatic carbocycles. The van der Waals surface area contributed by atoms with Crippen LogP contribution >= 0.6 is 0 Å². The third kappa shape index (κ3) is 4.08. The number of benzene rings is 1. The van der Waals surface area contributed by atoms with Crippen molar-refractivity contribution in [3.63, 3.8) is 0 Å². The van der Waals surface area contributed by atoms with Crippen LogP contribution in [0, 0.1) is 6.92 Å². The number of amides is 1. The molecule has 25 heavy (non-hydrogen) atoms. The molecule has 0 spiro atoms. The van der Waals surface area contributed by atoms with Gasteiger partial charge in [-0.2, -0.15) is 0 Å². The van der Waals surface area contributed by atoms with Crippen molar-refractivity contribution in [2.75, 3.05) is 26.3 Å². The summed E-state index contributed by atoms with van der Waals surface area (Å²) in [7, 11) is 1.95. The molecule has 3 rings (SSSR count). The van der Waals surface area contributed by atoms with Crippen LogP contribution in [0.5, 0.6) is 0 Å². The average Bonchev–Trinajstić information content (AvgIpc) is 3.06. The van der Waals surface area contributed by atoms with E-state index in [9.17, 15) is 4.79 Å². The van der Waals surface area contributed by atoms with E-state index in [2.05, 4.69) is 34.3 Å². The smallest absolute Gasteiger partial charge is 0.237 e. The molecule has 0 saturated carbocycles. The average molecular weight is 342 g/mol. The number of ether oxygens (including phenoxy) is 1. The molecule has 0 radical (unpaired) electrons. The number of nitrogens with zero attached hydrogens (tertiary/aromatic N) is 3. The van der Waals surface area contributed by atoms with Crippen LogP contribution in [0.1, 0.15) is 29.9 Å². The molecule has 2 heterocycles. The van der Waals surface area contributed by atoms with Gasteiger partial charge < -0.3 is 14.6 Å². The quantitative estimate of drug-likeness (QED) is 0.898. The van der Waals surface area contributed by atoms with Gasteiger partial charge in [0.25, 0.3) is 0 Å². The van der Waals surface area contributed by atoms with E-state index in [1.54, 1.807) is 6.20 Å². The lowest BCUT2D eigenvalue weighted by Crippen LogP contribution is -2.50. The fourth-order valence-corrected chi connectivity index (χ4v) is 3.10. The molecule has 2 unspecified atom stereocenters. The fraction of sp³-hybridized carbons (Fsp3) is 0.474. The predicted octanol–water partition coefficient (Wildman–Crippen LogP) is 1.65. The number of aryl methyl sites for hydroxylation is 2. The normalized spacial score (nSPS) is 17.9. The Kier molecular flexibility index (Phi) is 5.50. The summed E-state index contributed by atoms with van der Waals surface area (Å²) in [6.07, 6.45) is 3.65. The van der Waals surface area contributed by atoms with Crippen molar-refractivity contribution in [3.8, 4) is 0 Å². The van der Waals surface area contributed by atoms with E-state index in [1.807, 2.05) is 36.9 Å². The molecule has 2 aromatic rings. The number of hydrogen-bond donors (Lipinski definition) is 1. The highest BCUT2D eigenvalue weighted by Crippen LogP contribution is 2.21. The molecule has 6 heteroatoms. The Hall–Kier alpha value is -2.18. The Morgan fingerprint density at radius 2 is 1.92 bits per heavy atom. The van der Waals surface area contributed by atoms with Gasteiger partial charge in [0.2, 0.25) is 5.91 Å². The molecular weight excluding hydrogens is 316 g/mol. The number of nitrogens with one attached hydrogen (secondary N) is 1. The zero-order chi connectivity index (χ0) is 17.8. The topological polar surface area (TPSA) is 59.4 Å². The zero-order valence-corrected chi connectivity index (χ0v) is 15.1. The number of morpholine rings is 1. The first kappa shape index (κ1) is 17.6. The second-order valence-corrected chi connectivity index (χ2v) is 6.57. The molecule has 1 fully saturated rings. The molecule has 0 aliphatic carbocycles. The van der Waals surface area contributed by atoms with Crippen LogP contribution in [-0.4, -0.2) is 52.7 Å². The van der Waals surface area contributed by atoms with Crippen molar-refractivity contribution in [1.82, 2.24) is 19.8 Å². The highest BCUT2D eigenvalue weighted by atomic mass is 16.5. The van der Waals surface area contributed by atoms with Crippen LogP contribution in [0.3, 0.4) is 0 Å². The van der Waals surface area contributed by atoms with Gasteiger partial charge in [-0.1, -0.05) is 29.8 Å². The van der Waals surface area contributed by atoms with E-state index in [-0.39, 0.29) is 18.0 Å². The molecule has 6 nitrogen and oxygen atoms in total. The molecule has 2 atom stereocenters. The third-order valence-corrected chi connectivity index (χ3v) is 4.79. The van der Waals surface area contributed by atoms with E-state index in [0.29, 0.717) is 13.2 Å². The molecule has 1 saturated heterocycles. The lowest BCUT2D eigenvalue weighted by molar-refractivity contribution is -0.128. The molecule has 134 valence electrons. The largest absolute Gasteiger partial charge is 0.379 e. The zero-order valence-electron chi connectivity index (χ0n) is 15.1. The van der Waals surface area contributed by atoms with Crippen LogP contribution < -0.4 is 5.32 Å². The molecular formula is C19H26N4O2. The van der Waals surface area contributed by atoms with E-state index in [0.717, 1.165) is 24.5 Å². The number of imidazole rings is 1. The second kappa shape index (κ2) is 7.80. The summed E-state index contributed by atoms with van der Waals surface area (Å²) in [6.45, 7) is 6.93. The molecule has 0 bridgehead atoms. The molecule has 1 aliphatic heterocycles. The molecule has 1 amide bonds. The number of carbonyl (C=O) groups excluding carboxylic acids is 1. The van der Waals surface area contributed by atoms with Gasteiger partial charge in [0.05, 0.1) is 19.3 Å². The Bertz CT molecular complexity index is 704. The lowest BCUT2D eigenvalue weighted by atomic mass is 10.0. The van der Waals surface area contributed by atoms with Crippen molar-refractivity contribution >= 4 is 5.91 Å². The van der Waals surface area contributed by atoms with Crippen molar-refractivity contribution in [2.24, 2.45) is 7.05 Å². The first-order chi connectivity index (χ1) is 12.1. The standard InChI is InChI=1S/C19H26N4O2/c1-14-4-6-16(7-5-14)17(18-20-8-9-22(18)3)21-19(24)15(2)23-10-12-25-13-11-23/h4-9,15,17H,10-13H2,1-3H3,(H,21,24). The minimum absolute atomic E-state index is 0.00970. The molecule has 1 N–H and O–H groups in total. The van der Waals surface area contributed by atoms with Crippen molar-refractivity contribution in [2.45, 2.75) is 25.9 Å². The summed E-state index contributed by atoms with van der Waals surface area (Å²) < 4.78 is 7.33. The maximum Gasteiger partial charge on any atom is 0.237 e. The lowest BCUT2D eigenvalue weighted by Gasteiger charge is -2.32. The van der Waals surface area contributed by atoms with Crippen LogP contribution in [0.15, 0.2) is 36.7 Å². The third-order valence-electron chi connectivity index (χ3n) is 4.79. The Balaban J connectivity index is 1.81. The number of rotatable bonds is 5. The van der Waals surface area contributed by atoms with Crippen LogP contribution in [0.25, 0.3) is 0 Å². The van der Waals surface area contributed by atoms with Crippen molar-refractivity contribution < 1.29 is 9.53 Å². The molecule has 1 aliphatic rings. The number of aromatic nitrogens is 2. The summed E-state index contributed by atoms with van der Waals surface area (Å²) in [5, 5.41) is 3.19. The van der Waals surface area contributed by atoms with Crippen LogP contribution in [-0.2, 0) is 16.6 Å². The van der Waals surface area contributed by atoms with E-state index < -0.39 is 0 Å². The highest BCUT2D eigenvalue weighted by molar-refractivity contribution is 5.82. The van der Waals surface area contributed by atoms with Gasteiger partial charge in [-0.15, -0.1) is 0 Å². The maximum absolute atomic E-state index is 12.9. The Labute approximate surface area is 148 Å². The summed E-state index contributed by atoms with van der Waals surface area (Å²) in [5.41, 5.74) is 2.22. The summed E-state index contributed by atoms with van der Waals surface area (Å²) in [5.74, 6) is 0.835. The van der Waals surface area contributed by atoms with E-state index in [4.69, 9.17) is 4.74 Å². The van der Waals surface area contributed by atoms with Gasteiger partial charge in [-0.25, -0.2) is 4.98 Å². The van der Waals surface area contributed by atoms with Crippen LogP contribution in [0.2, 0.25) is 0 Å².